The minimum atomic E-state index is -1.19. The standard InChI is InChI=1S/C14H25N3O6/c1-6-7-8-22-14(21)17(23-12(20)9(2)3)13(15)16(5)10(4)11(18)19/h9-10,15H,6-8H2,1-5H3,(H,18,19). The molecule has 9 nitrogen and oxygen atoms in total. The van der Waals surface area contributed by atoms with Crippen molar-refractivity contribution in [3.63, 3.8) is 0 Å². The first-order chi connectivity index (χ1) is 10.6. The molecule has 9 heteroatoms. The van der Waals surface area contributed by atoms with Crippen molar-refractivity contribution >= 4 is 24.0 Å². The third-order valence-electron chi connectivity index (χ3n) is 3.01. The van der Waals surface area contributed by atoms with Crippen LogP contribution in [0.3, 0.4) is 0 Å². The van der Waals surface area contributed by atoms with E-state index in [1.807, 2.05) is 6.92 Å². The molecule has 0 heterocycles. The van der Waals surface area contributed by atoms with E-state index in [1.54, 1.807) is 13.8 Å². The molecular formula is C14H25N3O6. The number of hydroxylamine groups is 2. The molecule has 132 valence electrons. The van der Waals surface area contributed by atoms with Crippen LogP contribution in [0.15, 0.2) is 0 Å². The zero-order chi connectivity index (χ0) is 18.2. The minimum absolute atomic E-state index is 0.108. The first-order valence-electron chi connectivity index (χ1n) is 7.36. The van der Waals surface area contributed by atoms with Gasteiger partial charge < -0.3 is 19.6 Å². The SMILES string of the molecule is CCCCOC(=O)N(OC(=O)C(C)C)C(=N)N(C)C(C)C(=O)O. The number of aliphatic carboxylic acids is 1. The Hall–Kier alpha value is -2.32. The van der Waals surface area contributed by atoms with Gasteiger partial charge in [-0.05, 0) is 13.3 Å². The average molecular weight is 331 g/mol. The Labute approximate surface area is 135 Å². The van der Waals surface area contributed by atoms with Gasteiger partial charge in [-0.15, -0.1) is 0 Å². The summed E-state index contributed by atoms with van der Waals surface area (Å²) in [6.07, 6.45) is 0.376. The van der Waals surface area contributed by atoms with Gasteiger partial charge in [0, 0.05) is 7.05 Å². The molecular weight excluding hydrogens is 306 g/mol. The Balaban J connectivity index is 5.16. The first kappa shape index (κ1) is 20.7. The number of hydrogen-bond acceptors (Lipinski definition) is 6. The number of nitrogens with one attached hydrogen (secondary N) is 1. The van der Waals surface area contributed by atoms with Crippen molar-refractivity contribution in [1.82, 2.24) is 9.96 Å². The van der Waals surface area contributed by atoms with Gasteiger partial charge >= 0.3 is 18.0 Å². The van der Waals surface area contributed by atoms with Gasteiger partial charge in [0.25, 0.3) is 0 Å². The first-order valence-corrected chi connectivity index (χ1v) is 7.36. The molecule has 0 aromatic heterocycles. The number of carbonyl (C=O) groups is 3. The minimum Gasteiger partial charge on any atom is -0.480 e. The molecule has 0 bridgehead atoms. The number of amides is 1. The van der Waals surface area contributed by atoms with Crippen molar-refractivity contribution in [2.75, 3.05) is 13.7 Å². The smallest absolute Gasteiger partial charge is 0.451 e. The lowest BCUT2D eigenvalue weighted by Gasteiger charge is -2.29. The van der Waals surface area contributed by atoms with Crippen LogP contribution >= 0.6 is 0 Å². The molecule has 0 rings (SSSR count). The summed E-state index contributed by atoms with van der Waals surface area (Å²) in [6, 6.07) is -1.09. The summed E-state index contributed by atoms with van der Waals surface area (Å²) >= 11 is 0. The highest BCUT2D eigenvalue weighted by Crippen LogP contribution is 2.08. The third-order valence-corrected chi connectivity index (χ3v) is 3.01. The van der Waals surface area contributed by atoms with Crippen LogP contribution in [-0.2, 0) is 19.2 Å². The van der Waals surface area contributed by atoms with E-state index in [1.165, 1.54) is 14.0 Å². The van der Waals surface area contributed by atoms with Crippen LogP contribution in [0.1, 0.15) is 40.5 Å². The molecule has 0 aliphatic heterocycles. The van der Waals surface area contributed by atoms with E-state index in [0.717, 1.165) is 11.3 Å². The molecule has 0 saturated carbocycles. The van der Waals surface area contributed by atoms with Crippen molar-refractivity contribution in [2.24, 2.45) is 5.92 Å². The van der Waals surface area contributed by atoms with Gasteiger partial charge in [0.1, 0.15) is 6.04 Å². The number of nitrogens with zero attached hydrogens (tertiary/aromatic N) is 2. The van der Waals surface area contributed by atoms with Crippen molar-refractivity contribution in [1.29, 1.82) is 5.41 Å². The van der Waals surface area contributed by atoms with E-state index >= 15 is 0 Å². The molecule has 0 aliphatic rings. The van der Waals surface area contributed by atoms with Crippen LogP contribution in [0.4, 0.5) is 4.79 Å². The fourth-order valence-corrected chi connectivity index (χ4v) is 1.22. The predicted octanol–water partition coefficient (Wildman–Crippen LogP) is 1.68. The zero-order valence-corrected chi connectivity index (χ0v) is 14.2. The summed E-state index contributed by atoms with van der Waals surface area (Å²) in [5.41, 5.74) is 0. The number of rotatable bonds is 6. The van der Waals surface area contributed by atoms with Crippen LogP contribution in [0.25, 0.3) is 0 Å². The number of carbonyl (C=O) groups excluding carboxylic acids is 2. The number of unbranched alkanes of at least 4 members (excludes halogenated alkanes) is 1. The van der Waals surface area contributed by atoms with Crippen molar-refractivity contribution in [3.05, 3.63) is 0 Å². The van der Waals surface area contributed by atoms with E-state index in [9.17, 15) is 14.4 Å². The number of carboxylic acid groups (broad SMARTS) is 1. The van der Waals surface area contributed by atoms with Gasteiger partial charge in [-0.3, -0.25) is 5.41 Å². The summed E-state index contributed by atoms with van der Waals surface area (Å²) in [5.74, 6) is -3.06. The van der Waals surface area contributed by atoms with Gasteiger partial charge in [-0.25, -0.2) is 14.4 Å². The Bertz CT molecular complexity index is 452. The normalized spacial score (nSPS) is 11.6. The summed E-state index contributed by atoms with van der Waals surface area (Å²) in [4.78, 5) is 40.6. The van der Waals surface area contributed by atoms with E-state index in [0.29, 0.717) is 11.5 Å². The molecule has 0 spiro atoms. The highest BCUT2D eigenvalue weighted by atomic mass is 16.8. The number of carboxylic acids is 1. The topological polar surface area (TPSA) is 120 Å². The number of ether oxygens (including phenoxy) is 1. The molecule has 1 unspecified atom stereocenters. The van der Waals surface area contributed by atoms with E-state index in [4.69, 9.17) is 20.1 Å². The fraction of sp³-hybridized carbons (Fsp3) is 0.714. The predicted molar refractivity (Wildman–Crippen MR) is 81.6 cm³/mol. The molecule has 2 N–H and O–H groups in total. The molecule has 0 saturated heterocycles. The molecule has 0 aromatic rings. The zero-order valence-electron chi connectivity index (χ0n) is 14.2. The van der Waals surface area contributed by atoms with E-state index in [-0.39, 0.29) is 6.61 Å². The maximum atomic E-state index is 12.0. The van der Waals surface area contributed by atoms with Crippen LogP contribution in [0.5, 0.6) is 0 Å². The van der Waals surface area contributed by atoms with Gasteiger partial charge in [-0.1, -0.05) is 32.3 Å². The fourth-order valence-electron chi connectivity index (χ4n) is 1.22. The summed E-state index contributed by atoms with van der Waals surface area (Å²) in [5, 5.41) is 17.3. The maximum Gasteiger partial charge on any atom is 0.451 e. The second-order valence-electron chi connectivity index (χ2n) is 5.28. The molecule has 0 radical (unpaired) electrons. The highest BCUT2D eigenvalue weighted by Gasteiger charge is 2.32. The van der Waals surface area contributed by atoms with Crippen LogP contribution < -0.4 is 0 Å². The van der Waals surface area contributed by atoms with Crippen LogP contribution in [-0.4, -0.2) is 58.8 Å². The number of guanidine groups is 1. The van der Waals surface area contributed by atoms with Crippen molar-refractivity contribution in [2.45, 2.75) is 46.6 Å². The Morgan fingerprint density at radius 3 is 2.22 bits per heavy atom. The number of hydrogen-bond donors (Lipinski definition) is 2. The highest BCUT2D eigenvalue weighted by molar-refractivity contribution is 5.94. The van der Waals surface area contributed by atoms with Crippen molar-refractivity contribution < 1.29 is 29.1 Å². The van der Waals surface area contributed by atoms with E-state index < -0.39 is 36.0 Å². The lowest BCUT2D eigenvalue weighted by Crippen LogP contribution is -2.51. The van der Waals surface area contributed by atoms with Crippen LogP contribution in [0, 0.1) is 11.3 Å². The lowest BCUT2D eigenvalue weighted by atomic mass is 10.2. The van der Waals surface area contributed by atoms with Crippen molar-refractivity contribution in [3.8, 4) is 0 Å². The molecule has 1 atom stereocenters. The maximum absolute atomic E-state index is 12.0. The van der Waals surface area contributed by atoms with Gasteiger partial charge in [-0.2, -0.15) is 0 Å². The molecule has 1 amide bonds. The second-order valence-corrected chi connectivity index (χ2v) is 5.28. The molecule has 0 aliphatic carbocycles. The van der Waals surface area contributed by atoms with Gasteiger partial charge in [0.2, 0.25) is 5.96 Å². The third kappa shape index (κ3) is 6.54. The Morgan fingerprint density at radius 2 is 1.78 bits per heavy atom. The summed E-state index contributed by atoms with van der Waals surface area (Å²) < 4.78 is 4.93. The monoisotopic (exact) mass is 331 g/mol. The van der Waals surface area contributed by atoms with Gasteiger partial charge in [0.05, 0.1) is 12.5 Å². The lowest BCUT2D eigenvalue weighted by molar-refractivity contribution is -0.173. The van der Waals surface area contributed by atoms with Gasteiger partial charge in [0.15, 0.2) is 0 Å². The average Bonchev–Trinajstić information content (AvgIpc) is 2.49. The second kappa shape index (κ2) is 9.65. The largest absolute Gasteiger partial charge is 0.480 e. The molecule has 23 heavy (non-hydrogen) atoms. The van der Waals surface area contributed by atoms with Crippen LogP contribution in [0.2, 0.25) is 0 Å². The summed E-state index contributed by atoms with van der Waals surface area (Å²) in [6.45, 7) is 6.49. The molecule has 0 aromatic carbocycles. The number of likely N-dealkylation sites (N-methyl/N-ethyl adjacent to an activating group) is 1. The molecule has 0 fully saturated rings. The Kier molecular flexibility index (Phi) is 8.67. The Morgan fingerprint density at radius 1 is 1.22 bits per heavy atom. The quantitative estimate of drug-likeness (QED) is 0.329. The van der Waals surface area contributed by atoms with E-state index in [2.05, 4.69) is 0 Å². The summed E-state index contributed by atoms with van der Waals surface area (Å²) in [7, 11) is 1.30.